The maximum Gasteiger partial charge on any atom is 0.303 e. The summed E-state index contributed by atoms with van der Waals surface area (Å²) in [6.07, 6.45) is 4.75. The van der Waals surface area contributed by atoms with Gasteiger partial charge in [-0.2, -0.15) is 0 Å². The second-order valence-corrected chi connectivity index (χ2v) is 5.18. The van der Waals surface area contributed by atoms with E-state index in [1.165, 1.54) is 6.08 Å². The zero-order valence-corrected chi connectivity index (χ0v) is 12.7. The van der Waals surface area contributed by atoms with Gasteiger partial charge in [0.2, 0.25) is 5.91 Å². The van der Waals surface area contributed by atoms with Crippen molar-refractivity contribution in [1.29, 1.82) is 0 Å². The van der Waals surface area contributed by atoms with Crippen molar-refractivity contribution in [3.63, 3.8) is 0 Å². The Morgan fingerprint density at radius 1 is 1.00 bits per heavy atom. The Hall–Kier alpha value is -2.88. The Balaban J connectivity index is 1.84. The van der Waals surface area contributed by atoms with E-state index in [2.05, 4.69) is 5.32 Å². The van der Waals surface area contributed by atoms with Gasteiger partial charge in [-0.1, -0.05) is 42.5 Å². The fraction of sp³-hybridized carbons (Fsp3) is 0.158. The smallest absolute Gasteiger partial charge is 0.303 e. The molecule has 4 heteroatoms. The van der Waals surface area contributed by atoms with Crippen LogP contribution in [0.15, 0.2) is 60.7 Å². The van der Waals surface area contributed by atoms with Crippen LogP contribution in [0.25, 0.3) is 6.08 Å². The van der Waals surface area contributed by atoms with Gasteiger partial charge in [0.05, 0.1) is 0 Å². The van der Waals surface area contributed by atoms with E-state index in [4.69, 9.17) is 5.11 Å². The van der Waals surface area contributed by atoms with Crippen LogP contribution in [0.1, 0.15) is 24.0 Å². The number of carboxylic acid groups (broad SMARTS) is 1. The van der Waals surface area contributed by atoms with Crippen LogP contribution in [0.4, 0.5) is 5.69 Å². The molecule has 2 aromatic carbocycles. The lowest BCUT2D eigenvalue weighted by Gasteiger charge is -2.04. The molecule has 0 bridgehead atoms. The van der Waals surface area contributed by atoms with Crippen LogP contribution in [-0.4, -0.2) is 17.0 Å². The van der Waals surface area contributed by atoms with Crippen LogP contribution in [0, 0.1) is 0 Å². The molecule has 23 heavy (non-hydrogen) atoms. The molecule has 0 atom stereocenters. The van der Waals surface area contributed by atoms with E-state index < -0.39 is 5.97 Å². The number of hydrogen-bond acceptors (Lipinski definition) is 2. The molecule has 2 rings (SSSR count). The van der Waals surface area contributed by atoms with Crippen molar-refractivity contribution >= 4 is 23.6 Å². The van der Waals surface area contributed by atoms with Crippen LogP contribution in [-0.2, 0) is 16.0 Å². The molecule has 118 valence electrons. The SMILES string of the molecule is O=C(O)CCCc1ccc(NC(=O)/C=C/c2ccccc2)cc1. The van der Waals surface area contributed by atoms with Gasteiger partial charge in [-0.3, -0.25) is 9.59 Å². The second-order valence-electron chi connectivity index (χ2n) is 5.18. The highest BCUT2D eigenvalue weighted by Crippen LogP contribution is 2.12. The van der Waals surface area contributed by atoms with Crippen molar-refractivity contribution in [1.82, 2.24) is 0 Å². The number of rotatable bonds is 7. The maximum absolute atomic E-state index is 11.9. The summed E-state index contributed by atoms with van der Waals surface area (Å²) >= 11 is 0. The Morgan fingerprint density at radius 2 is 1.70 bits per heavy atom. The molecule has 2 aromatic rings. The molecule has 2 N–H and O–H groups in total. The Kier molecular flexibility index (Phi) is 6.12. The lowest BCUT2D eigenvalue weighted by atomic mass is 10.1. The molecule has 0 aliphatic rings. The van der Waals surface area contributed by atoms with E-state index in [0.29, 0.717) is 12.8 Å². The monoisotopic (exact) mass is 309 g/mol. The molecule has 0 spiro atoms. The summed E-state index contributed by atoms with van der Waals surface area (Å²) in [5.41, 5.74) is 2.75. The number of hydrogen-bond donors (Lipinski definition) is 2. The van der Waals surface area contributed by atoms with Crippen LogP contribution in [0.5, 0.6) is 0 Å². The van der Waals surface area contributed by atoms with Crippen LogP contribution >= 0.6 is 0 Å². The minimum Gasteiger partial charge on any atom is -0.481 e. The number of amides is 1. The van der Waals surface area contributed by atoms with Gasteiger partial charge < -0.3 is 10.4 Å². The minimum atomic E-state index is -0.779. The average molecular weight is 309 g/mol. The minimum absolute atomic E-state index is 0.169. The first-order valence-corrected chi connectivity index (χ1v) is 7.48. The molecule has 0 radical (unpaired) electrons. The molecule has 1 amide bonds. The Bertz CT molecular complexity index is 676. The predicted molar refractivity (Wildman–Crippen MR) is 91.1 cm³/mol. The summed E-state index contributed by atoms with van der Waals surface area (Å²) in [6.45, 7) is 0. The van der Waals surface area contributed by atoms with Crippen LogP contribution in [0.3, 0.4) is 0 Å². The summed E-state index contributed by atoms with van der Waals surface area (Å²) in [7, 11) is 0. The van der Waals surface area contributed by atoms with Crippen molar-refractivity contribution in [2.24, 2.45) is 0 Å². The van der Waals surface area contributed by atoms with Crippen molar-refractivity contribution in [3.05, 3.63) is 71.8 Å². The highest BCUT2D eigenvalue weighted by Gasteiger charge is 2.00. The molecular formula is C19H19NO3. The third kappa shape index (κ3) is 6.18. The van der Waals surface area contributed by atoms with Crippen molar-refractivity contribution in [2.45, 2.75) is 19.3 Å². The lowest BCUT2D eigenvalue weighted by Crippen LogP contribution is -2.07. The van der Waals surface area contributed by atoms with E-state index in [1.807, 2.05) is 54.6 Å². The zero-order valence-electron chi connectivity index (χ0n) is 12.7. The second kappa shape index (κ2) is 8.54. The summed E-state index contributed by atoms with van der Waals surface area (Å²) in [6, 6.07) is 17.1. The molecule has 0 fully saturated rings. The van der Waals surface area contributed by atoms with E-state index in [1.54, 1.807) is 6.08 Å². The quantitative estimate of drug-likeness (QED) is 0.766. The van der Waals surface area contributed by atoms with Gasteiger partial charge in [0.1, 0.15) is 0 Å². The number of aryl methyl sites for hydroxylation is 1. The topological polar surface area (TPSA) is 66.4 Å². The maximum atomic E-state index is 11.9. The molecule has 0 saturated carbocycles. The van der Waals surface area contributed by atoms with Crippen molar-refractivity contribution in [2.75, 3.05) is 5.32 Å². The van der Waals surface area contributed by atoms with Gasteiger partial charge in [0, 0.05) is 18.2 Å². The van der Waals surface area contributed by atoms with Gasteiger partial charge >= 0.3 is 5.97 Å². The standard InChI is InChI=1S/C19H19NO3/c21-18(14-11-15-5-2-1-3-6-15)20-17-12-9-16(10-13-17)7-4-8-19(22)23/h1-3,5-6,9-14H,4,7-8H2,(H,20,21)(H,22,23)/b14-11+. The summed E-state index contributed by atoms with van der Waals surface area (Å²) in [5.74, 6) is -0.966. The molecule has 0 unspecified atom stereocenters. The molecule has 0 aliphatic carbocycles. The Labute approximate surface area is 135 Å². The number of carbonyl (C=O) groups excluding carboxylic acids is 1. The molecule has 0 aromatic heterocycles. The number of aliphatic carboxylic acids is 1. The van der Waals surface area contributed by atoms with Crippen LogP contribution in [0.2, 0.25) is 0 Å². The predicted octanol–water partition coefficient (Wildman–Crippen LogP) is 3.75. The van der Waals surface area contributed by atoms with Gasteiger partial charge in [-0.05, 0) is 42.2 Å². The number of carbonyl (C=O) groups is 2. The highest BCUT2D eigenvalue weighted by molar-refractivity contribution is 6.01. The fourth-order valence-electron chi connectivity index (χ4n) is 2.12. The number of benzene rings is 2. The first kappa shape index (κ1) is 16.5. The van der Waals surface area contributed by atoms with E-state index in [0.717, 1.165) is 16.8 Å². The third-order valence-electron chi connectivity index (χ3n) is 3.30. The molecule has 0 saturated heterocycles. The van der Waals surface area contributed by atoms with Gasteiger partial charge in [-0.15, -0.1) is 0 Å². The van der Waals surface area contributed by atoms with Crippen molar-refractivity contribution < 1.29 is 14.7 Å². The molecule has 4 nitrogen and oxygen atoms in total. The molecular weight excluding hydrogens is 290 g/mol. The normalized spacial score (nSPS) is 10.6. The van der Waals surface area contributed by atoms with Crippen LogP contribution < -0.4 is 5.32 Å². The van der Waals surface area contributed by atoms with E-state index in [9.17, 15) is 9.59 Å². The fourth-order valence-corrected chi connectivity index (χ4v) is 2.12. The summed E-state index contributed by atoms with van der Waals surface area (Å²) in [5, 5.41) is 11.4. The number of nitrogens with one attached hydrogen (secondary N) is 1. The van der Waals surface area contributed by atoms with Crippen molar-refractivity contribution in [3.8, 4) is 0 Å². The summed E-state index contributed by atoms with van der Waals surface area (Å²) in [4.78, 5) is 22.3. The highest BCUT2D eigenvalue weighted by atomic mass is 16.4. The molecule has 0 aliphatic heterocycles. The first-order chi connectivity index (χ1) is 11.1. The number of carboxylic acids is 1. The summed E-state index contributed by atoms with van der Waals surface area (Å²) < 4.78 is 0. The van der Waals surface area contributed by atoms with E-state index in [-0.39, 0.29) is 12.3 Å². The van der Waals surface area contributed by atoms with E-state index >= 15 is 0 Å². The average Bonchev–Trinajstić information content (AvgIpc) is 2.55. The third-order valence-corrected chi connectivity index (χ3v) is 3.30. The first-order valence-electron chi connectivity index (χ1n) is 7.48. The number of anilines is 1. The van der Waals surface area contributed by atoms with Gasteiger partial charge in [0.15, 0.2) is 0 Å². The van der Waals surface area contributed by atoms with Gasteiger partial charge in [-0.25, -0.2) is 0 Å². The largest absolute Gasteiger partial charge is 0.481 e. The lowest BCUT2D eigenvalue weighted by molar-refractivity contribution is -0.137. The Morgan fingerprint density at radius 3 is 2.35 bits per heavy atom. The van der Waals surface area contributed by atoms with Gasteiger partial charge in [0.25, 0.3) is 0 Å². The molecule has 0 heterocycles. The zero-order chi connectivity index (χ0) is 16.5.